The van der Waals surface area contributed by atoms with Gasteiger partial charge in [-0.05, 0) is 20.8 Å². The molecule has 1 atom stereocenters. The average Bonchev–Trinajstić information content (AvgIpc) is 2.55. The summed E-state index contributed by atoms with van der Waals surface area (Å²) in [7, 11) is 0. The summed E-state index contributed by atoms with van der Waals surface area (Å²) in [4.78, 5) is 24.9. The summed E-state index contributed by atoms with van der Waals surface area (Å²) in [6.07, 6.45) is 0.324. The Morgan fingerprint density at radius 2 is 2.18 bits per heavy atom. The maximum Gasteiger partial charge on any atom is 0.225 e. The highest BCUT2D eigenvalue weighted by atomic mass is 35.5. The Labute approximate surface area is 109 Å². The van der Waals surface area contributed by atoms with Gasteiger partial charge in [-0.25, -0.2) is 0 Å². The molecule has 0 aliphatic carbocycles. The first kappa shape index (κ1) is 16.2. The minimum Gasteiger partial charge on any atom is -0.354 e. The van der Waals surface area contributed by atoms with Gasteiger partial charge >= 0.3 is 0 Å². The molecule has 0 radical (unpaired) electrons. The van der Waals surface area contributed by atoms with Crippen LogP contribution in [0.2, 0.25) is 0 Å². The first-order chi connectivity index (χ1) is 7.33. The molecule has 1 heterocycles. The van der Waals surface area contributed by atoms with E-state index in [0.717, 1.165) is 0 Å². The van der Waals surface area contributed by atoms with Crippen molar-refractivity contribution < 1.29 is 9.59 Å². The Hall–Kier alpha value is -0.810. The van der Waals surface area contributed by atoms with E-state index in [1.54, 1.807) is 4.90 Å². The Kier molecular flexibility index (Phi) is 5.92. The van der Waals surface area contributed by atoms with E-state index < -0.39 is 5.54 Å². The highest BCUT2D eigenvalue weighted by Gasteiger charge is 2.33. The SMILES string of the molecule is CCN1CC(C(=O)NCC(C)(C)N)CC1=O.Cl. The van der Waals surface area contributed by atoms with Crippen LogP contribution in [0.1, 0.15) is 27.2 Å². The fourth-order valence-corrected chi connectivity index (χ4v) is 1.71. The number of nitrogens with zero attached hydrogens (tertiary/aromatic N) is 1. The fraction of sp³-hybridized carbons (Fsp3) is 0.818. The van der Waals surface area contributed by atoms with Gasteiger partial charge in [-0.2, -0.15) is 0 Å². The number of amides is 2. The van der Waals surface area contributed by atoms with E-state index in [1.807, 2.05) is 20.8 Å². The topological polar surface area (TPSA) is 75.4 Å². The van der Waals surface area contributed by atoms with E-state index in [-0.39, 0.29) is 30.1 Å². The van der Waals surface area contributed by atoms with E-state index >= 15 is 0 Å². The number of rotatable bonds is 4. The fourth-order valence-electron chi connectivity index (χ4n) is 1.71. The number of nitrogens with one attached hydrogen (secondary N) is 1. The number of carbonyl (C=O) groups excluding carboxylic acids is 2. The lowest BCUT2D eigenvalue weighted by molar-refractivity contribution is -0.128. The van der Waals surface area contributed by atoms with Crippen LogP contribution in [0.15, 0.2) is 0 Å². The van der Waals surface area contributed by atoms with Crippen molar-refractivity contribution in [3.8, 4) is 0 Å². The molecule has 0 aromatic carbocycles. The zero-order valence-electron chi connectivity index (χ0n) is 10.7. The molecule has 5 nitrogen and oxygen atoms in total. The molecule has 2 amide bonds. The second-order valence-corrected chi connectivity index (χ2v) is 5.04. The summed E-state index contributed by atoms with van der Waals surface area (Å²) >= 11 is 0. The molecule has 1 rings (SSSR count). The van der Waals surface area contributed by atoms with E-state index in [0.29, 0.717) is 26.1 Å². The van der Waals surface area contributed by atoms with E-state index in [9.17, 15) is 9.59 Å². The van der Waals surface area contributed by atoms with Gasteiger partial charge < -0.3 is 16.0 Å². The van der Waals surface area contributed by atoms with Crippen LogP contribution < -0.4 is 11.1 Å². The minimum atomic E-state index is -0.414. The number of likely N-dealkylation sites (tertiary alicyclic amines) is 1. The quantitative estimate of drug-likeness (QED) is 0.757. The molecule has 0 spiro atoms. The van der Waals surface area contributed by atoms with Crippen molar-refractivity contribution in [2.45, 2.75) is 32.7 Å². The third-order valence-corrected chi connectivity index (χ3v) is 2.69. The summed E-state index contributed by atoms with van der Waals surface area (Å²) in [5.74, 6) is -0.215. The second-order valence-electron chi connectivity index (χ2n) is 5.04. The molecule has 6 heteroatoms. The standard InChI is InChI=1S/C11H21N3O2.ClH/c1-4-14-6-8(5-9(14)15)10(16)13-7-11(2,3)12;/h8H,4-7,12H2,1-3H3,(H,13,16);1H. The van der Waals surface area contributed by atoms with Crippen molar-refractivity contribution in [3.05, 3.63) is 0 Å². The van der Waals surface area contributed by atoms with Gasteiger partial charge in [-0.3, -0.25) is 9.59 Å². The Balaban J connectivity index is 0.00000256. The lowest BCUT2D eigenvalue weighted by atomic mass is 10.1. The monoisotopic (exact) mass is 263 g/mol. The van der Waals surface area contributed by atoms with Crippen molar-refractivity contribution in [2.75, 3.05) is 19.6 Å². The molecule has 1 fully saturated rings. The van der Waals surface area contributed by atoms with Gasteiger partial charge in [-0.15, -0.1) is 12.4 Å². The normalized spacial score (nSPS) is 20.1. The molecule has 1 aliphatic heterocycles. The molecular formula is C11H22ClN3O2. The zero-order chi connectivity index (χ0) is 12.3. The van der Waals surface area contributed by atoms with Gasteiger partial charge in [-0.1, -0.05) is 0 Å². The van der Waals surface area contributed by atoms with Crippen LogP contribution in [0.3, 0.4) is 0 Å². The van der Waals surface area contributed by atoms with Crippen LogP contribution in [0.5, 0.6) is 0 Å². The van der Waals surface area contributed by atoms with Crippen LogP contribution >= 0.6 is 12.4 Å². The molecule has 1 unspecified atom stereocenters. The zero-order valence-corrected chi connectivity index (χ0v) is 11.5. The smallest absolute Gasteiger partial charge is 0.225 e. The molecule has 0 saturated carbocycles. The van der Waals surface area contributed by atoms with Gasteiger partial charge in [0.15, 0.2) is 0 Å². The Morgan fingerprint density at radius 1 is 1.59 bits per heavy atom. The molecule has 100 valence electrons. The van der Waals surface area contributed by atoms with Crippen molar-refractivity contribution in [1.82, 2.24) is 10.2 Å². The predicted octanol–water partition coefficient (Wildman–Crippen LogP) is 0.130. The molecule has 0 aromatic rings. The maximum atomic E-state index is 11.8. The highest BCUT2D eigenvalue weighted by Crippen LogP contribution is 2.17. The Bertz CT molecular complexity index is 289. The molecule has 0 bridgehead atoms. The largest absolute Gasteiger partial charge is 0.354 e. The van der Waals surface area contributed by atoms with Gasteiger partial charge in [0.1, 0.15) is 0 Å². The summed E-state index contributed by atoms with van der Waals surface area (Å²) < 4.78 is 0. The van der Waals surface area contributed by atoms with E-state index in [2.05, 4.69) is 5.32 Å². The van der Waals surface area contributed by atoms with Crippen LogP contribution in [0.25, 0.3) is 0 Å². The number of hydrogen-bond acceptors (Lipinski definition) is 3. The van der Waals surface area contributed by atoms with Crippen molar-refractivity contribution >= 4 is 24.2 Å². The lowest BCUT2D eigenvalue weighted by Crippen LogP contribution is -2.46. The van der Waals surface area contributed by atoms with Crippen molar-refractivity contribution in [3.63, 3.8) is 0 Å². The average molecular weight is 264 g/mol. The lowest BCUT2D eigenvalue weighted by Gasteiger charge is -2.20. The molecule has 3 N–H and O–H groups in total. The number of hydrogen-bond donors (Lipinski definition) is 2. The number of carbonyl (C=O) groups is 2. The molecule has 0 aromatic heterocycles. The Morgan fingerprint density at radius 3 is 2.59 bits per heavy atom. The molecule has 17 heavy (non-hydrogen) atoms. The minimum absolute atomic E-state index is 0. The first-order valence-corrected chi connectivity index (χ1v) is 5.68. The van der Waals surface area contributed by atoms with Crippen LogP contribution in [-0.2, 0) is 9.59 Å². The number of nitrogens with two attached hydrogens (primary N) is 1. The van der Waals surface area contributed by atoms with Gasteiger partial charge in [0.2, 0.25) is 11.8 Å². The highest BCUT2D eigenvalue weighted by molar-refractivity contribution is 5.89. The first-order valence-electron chi connectivity index (χ1n) is 5.68. The molecule has 1 saturated heterocycles. The van der Waals surface area contributed by atoms with Gasteiger partial charge in [0.05, 0.1) is 5.92 Å². The van der Waals surface area contributed by atoms with Crippen LogP contribution in [0.4, 0.5) is 0 Å². The third kappa shape index (κ3) is 4.91. The van der Waals surface area contributed by atoms with Crippen molar-refractivity contribution in [1.29, 1.82) is 0 Å². The third-order valence-electron chi connectivity index (χ3n) is 2.69. The second kappa shape index (κ2) is 6.21. The predicted molar refractivity (Wildman–Crippen MR) is 68.9 cm³/mol. The maximum absolute atomic E-state index is 11.8. The van der Waals surface area contributed by atoms with Gasteiger partial charge in [0, 0.05) is 31.6 Å². The van der Waals surface area contributed by atoms with Crippen molar-refractivity contribution in [2.24, 2.45) is 11.7 Å². The van der Waals surface area contributed by atoms with Gasteiger partial charge in [0.25, 0.3) is 0 Å². The summed E-state index contributed by atoms with van der Waals surface area (Å²) in [6.45, 7) is 7.26. The number of halogens is 1. The van der Waals surface area contributed by atoms with E-state index in [4.69, 9.17) is 5.73 Å². The summed E-state index contributed by atoms with van der Waals surface area (Å²) in [5, 5.41) is 2.79. The summed E-state index contributed by atoms with van der Waals surface area (Å²) in [5.41, 5.74) is 5.36. The summed E-state index contributed by atoms with van der Waals surface area (Å²) in [6, 6.07) is 0. The van der Waals surface area contributed by atoms with Crippen LogP contribution in [-0.4, -0.2) is 41.9 Å². The molecule has 1 aliphatic rings. The van der Waals surface area contributed by atoms with Crippen LogP contribution in [0, 0.1) is 5.92 Å². The van der Waals surface area contributed by atoms with E-state index in [1.165, 1.54) is 0 Å². The molecular weight excluding hydrogens is 242 g/mol.